The van der Waals surface area contributed by atoms with E-state index >= 15 is 0 Å². The summed E-state index contributed by atoms with van der Waals surface area (Å²) in [5.41, 5.74) is 1.84. The van der Waals surface area contributed by atoms with Crippen LogP contribution in [0.15, 0.2) is 24.3 Å². The van der Waals surface area contributed by atoms with Gasteiger partial charge in [0.25, 0.3) is 0 Å². The molecular formula is C13H12N2O. The number of ketones is 1. The predicted octanol–water partition coefficient (Wildman–Crippen LogP) is 1.77. The minimum Gasteiger partial charge on any atom is -0.292 e. The first-order valence-corrected chi connectivity index (χ1v) is 5.48. The lowest BCUT2D eigenvalue weighted by Crippen LogP contribution is -2.39. The molecule has 2 bridgehead atoms. The Kier molecular flexibility index (Phi) is 1.89. The molecule has 80 valence electrons. The summed E-state index contributed by atoms with van der Waals surface area (Å²) < 4.78 is 0. The first kappa shape index (κ1) is 9.56. The SMILES string of the molecule is CN1[C@H]2C[C@@H](C#N)[C@@H]1c1ccccc1C2=O. The fraction of sp³-hybridized carbons (Fsp3) is 0.385. The molecule has 0 N–H and O–H groups in total. The number of nitriles is 1. The van der Waals surface area contributed by atoms with Crippen molar-refractivity contribution in [2.75, 3.05) is 7.05 Å². The van der Waals surface area contributed by atoms with Gasteiger partial charge < -0.3 is 0 Å². The van der Waals surface area contributed by atoms with E-state index in [0.717, 1.165) is 11.1 Å². The first-order valence-electron chi connectivity index (χ1n) is 5.48. The standard InChI is InChI=1S/C13H12N2O/c1-15-11-6-8(7-14)12(15)9-4-2-3-5-10(9)13(11)16/h2-5,8,11-12H,6H2,1H3/t8-,11-,12+/m0/s1. The second-order valence-electron chi connectivity index (χ2n) is 4.55. The summed E-state index contributed by atoms with van der Waals surface area (Å²) in [7, 11) is 1.94. The maximum Gasteiger partial charge on any atom is 0.180 e. The third-order valence-corrected chi connectivity index (χ3v) is 3.80. The van der Waals surface area contributed by atoms with Crippen LogP contribution in [-0.4, -0.2) is 23.8 Å². The number of Topliss-reactive ketones (excluding diaryl/α,β-unsaturated/α-hetero) is 1. The van der Waals surface area contributed by atoms with Gasteiger partial charge in [0.1, 0.15) is 0 Å². The van der Waals surface area contributed by atoms with E-state index in [2.05, 4.69) is 11.0 Å². The van der Waals surface area contributed by atoms with Crippen molar-refractivity contribution in [2.24, 2.45) is 5.92 Å². The quantitative estimate of drug-likeness (QED) is 0.658. The van der Waals surface area contributed by atoms with E-state index in [1.54, 1.807) is 0 Å². The Bertz CT molecular complexity index is 503. The second-order valence-corrected chi connectivity index (χ2v) is 4.55. The number of hydrogen-bond donors (Lipinski definition) is 0. The second kappa shape index (κ2) is 3.16. The van der Waals surface area contributed by atoms with Crippen molar-refractivity contribution in [1.82, 2.24) is 4.90 Å². The van der Waals surface area contributed by atoms with Crippen molar-refractivity contribution in [3.05, 3.63) is 35.4 Å². The molecule has 0 aliphatic carbocycles. The molecule has 0 amide bonds. The minimum atomic E-state index is -0.0930. The Morgan fingerprint density at radius 3 is 2.94 bits per heavy atom. The summed E-state index contributed by atoms with van der Waals surface area (Å²) in [6.45, 7) is 0. The molecule has 1 saturated heterocycles. The lowest BCUT2D eigenvalue weighted by Gasteiger charge is -2.32. The zero-order chi connectivity index (χ0) is 11.3. The molecule has 3 nitrogen and oxygen atoms in total. The Morgan fingerprint density at radius 2 is 2.19 bits per heavy atom. The van der Waals surface area contributed by atoms with Gasteiger partial charge in [0.05, 0.1) is 24.1 Å². The van der Waals surface area contributed by atoms with Gasteiger partial charge in [-0.05, 0) is 19.0 Å². The molecule has 0 saturated carbocycles. The van der Waals surface area contributed by atoms with E-state index in [1.807, 2.05) is 31.3 Å². The Labute approximate surface area is 94.3 Å². The molecule has 1 aromatic carbocycles. The Balaban J connectivity index is 2.21. The normalized spacial score (nSPS) is 32.2. The smallest absolute Gasteiger partial charge is 0.180 e. The molecule has 2 aliphatic heterocycles. The van der Waals surface area contributed by atoms with Crippen LogP contribution in [0.2, 0.25) is 0 Å². The molecule has 0 aromatic heterocycles. The van der Waals surface area contributed by atoms with Gasteiger partial charge in [-0.3, -0.25) is 9.69 Å². The molecule has 1 fully saturated rings. The molecule has 3 heteroatoms. The van der Waals surface area contributed by atoms with Crippen LogP contribution in [0.25, 0.3) is 0 Å². The molecular weight excluding hydrogens is 200 g/mol. The van der Waals surface area contributed by atoms with Crippen molar-refractivity contribution >= 4 is 5.78 Å². The van der Waals surface area contributed by atoms with E-state index in [-0.39, 0.29) is 23.8 Å². The van der Waals surface area contributed by atoms with Crippen molar-refractivity contribution in [3.63, 3.8) is 0 Å². The number of benzene rings is 1. The maximum absolute atomic E-state index is 12.2. The van der Waals surface area contributed by atoms with Crippen LogP contribution in [0.5, 0.6) is 0 Å². The Hall–Kier alpha value is -1.66. The van der Waals surface area contributed by atoms with Gasteiger partial charge in [0.2, 0.25) is 0 Å². The number of nitrogens with zero attached hydrogens (tertiary/aromatic N) is 2. The molecule has 1 aromatic rings. The maximum atomic E-state index is 12.2. The van der Waals surface area contributed by atoms with Gasteiger partial charge in [-0.25, -0.2) is 0 Å². The van der Waals surface area contributed by atoms with Crippen LogP contribution in [-0.2, 0) is 0 Å². The zero-order valence-electron chi connectivity index (χ0n) is 9.05. The van der Waals surface area contributed by atoms with E-state index < -0.39 is 0 Å². The van der Waals surface area contributed by atoms with Crippen LogP contribution in [0.3, 0.4) is 0 Å². The summed E-state index contributed by atoms with van der Waals surface area (Å²) in [5.74, 6) is 0.120. The highest BCUT2D eigenvalue weighted by Crippen LogP contribution is 2.45. The van der Waals surface area contributed by atoms with Crippen molar-refractivity contribution < 1.29 is 4.79 Å². The highest BCUT2D eigenvalue weighted by molar-refractivity contribution is 6.03. The molecule has 0 radical (unpaired) electrons. The third-order valence-electron chi connectivity index (χ3n) is 3.80. The average Bonchev–Trinajstić information content (AvgIpc) is 2.58. The number of fused-ring (bicyclic) bond motifs is 4. The summed E-state index contributed by atoms with van der Waals surface area (Å²) in [6, 6.07) is 10.0. The van der Waals surface area contributed by atoms with Gasteiger partial charge in [-0.1, -0.05) is 24.3 Å². The van der Waals surface area contributed by atoms with Gasteiger partial charge in [-0.15, -0.1) is 0 Å². The van der Waals surface area contributed by atoms with Gasteiger partial charge >= 0.3 is 0 Å². The van der Waals surface area contributed by atoms with Crippen molar-refractivity contribution in [1.29, 1.82) is 5.26 Å². The average molecular weight is 212 g/mol. The summed E-state index contributed by atoms with van der Waals surface area (Å²) in [5, 5.41) is 9.15. The summed E-state index contributed by atoms with van der Waals surface area (Å²) in [6.07, 6.45) is 0.672. The fourth-order valence-electron chi connectivity index (χ4n) is 3.02. The highest BCUT2D eigenvalue weighted by Gasteiger charge is 2.48. The lowest BCUT2D eigenvalue weighted by atomic mass is 9.91. The van der Waals surface area contributed by atoms with Crippen LogP contribution < -0.4 is 0 Å². The van der Waals surface area contributed by atoms with E-state index in [4.69, 9.17) is 5.26 Å². The number of likely N-dealkylation sites (N-methyl/N-ethyl adjacent to an activating group) is 1. The van der Waals surface area contributed by atoms with Crippen LogP contribution in [0.1, 0.15) is 28.4 Å². The van der Waals surface area contributed by atoms with Gasteiger partial charge in [0.15, 0.2) is 5.78 Å². The zero-order valence-corrected chi connectivity index (χ0v) is 9.05. The van der Waals surface area contributed by atoms with Crippen molar-refractivity contribution in [3.8, 4) is 6.07 Å². The van der Waals surface area contributed by atoms with Crippen LogP contribution in [0, 0.1) is 17.2 Å². The predicted molar refractivity (Wildman–Crippen MR) is 58.8 cm³/mol. The van der Waals surface area contributed by atoms with E-state index in [1.165, 1.54) is 0 Å². The van der Waals surface area contributed by atoms with Gasteiger partial charge in [0, 0.05) is 5.56 Å². The third kappa shape index (κ3) is 1.03. The summed E-state index contributed by atoms with van der Waals surface area (Å²) in [4.78, 5) is 14.2. The summed E-state index contributed by atoms with van der Waals surface area (Å²) >= 11 is 0. The molecule has 2 heterocycles. The van der Waals surface area contributed by atoms with E-state index in [9.17, 15) is 4.79 Å². The largest absolute Gasteiger partial charge is 0.292 e. The number of hydrogen-bond acceptors (Lipinski definition) is 3. The number of carbonyl (C=O) groups excluding carboxylic acids is 1. The number of rotatable bonds is 0. The topological polar surface area (TPSA) is 44.1 Å². The van der Waals surface area contributed by atoms with Crippen LogP contribution in [0.4, 0.5) is 0 Å². The van der Waals surface area contributed by atoms with Crippen LogP contribution >= 0.6 is 0 Å². The molecule has 3 atom stereocenters. The monoisotopic (exact) mass is 212 g/mol. The minimum absolute atomic E-state index is 0.0531. The highest BCUT2D eigenvalue weighted by atomic mass is 16.1. The van der Waals surface area contributed by atoms with E-state index in [0.29, 0.717) is 6.42 Å². The number of carbonyl (C=O) groups is 1. The molecule has 0 unspecified atom stereocenters. The Morgan fingerprint density at radius 1 is 1.44 bits per heavy atom. The first-order chi connectivity index (χ1) is 7.74. The van der Waals surface area contributed by atoms with Crippen molar-refractivity contribution in [2.45, 2.75) is 18.5 Å². The molecule has 3 rings (SSSR count). The lowest BCUT2D eigenvalue weighted by molar-refractivity contribution is 0.0835. The molecule has 16 heavy (non-hydrogen) atoms. The fourth-order valence-corrected chi connectivity index (χ4v) is 3.02. The molecule has 0 spiro atoms. The van der Waals surface area contributed by atoms with Gasteiger partial charge in [-0.2, -0.15) is 5.26 Å². The molecule has 2 aliphatic rings.